The molecule has 0 aliphatic heterocycles. The molecule has 7 heteroatoms. The molecule has 0 spiro atoms. The van der Waals surface area contributed by atoms with Gasteiger partial charge < -0.3 is 5.11 Å². The highest BCUT2D eigenvalue weighted by Crippen LogP contribution is 2.40. The molecule has 4 aromatic rings. The highest BCUT2D eigenvalue weighted by atomic mass is 19.4. The van der Waals surface area contributed by atoms with E-state index >= 15 is 0 Å². The van der Waals surface area contributed by atoms with Crippen molar-refractivity contribution in [1.29, 1.82) is 0 Å². The molecular formula is C36H31F3O4. The number of carboxylic acids is 1. The number of alkyl halides is 3. The van der Waals surface area contributed by atoms with Crippen molar-refractivity contribution < 1.29 is 32.7 Å². The van der Waals surface area contributed by atoms with E-state index < -0.39 is 23.6 Å². The Balaban J connectivity index is 1.17. The van der Waals surface area contributed by atoms with Crippen LogP contribution in [-0.2, 0) is 23.8 Å². The number of ketones is 2. The van der Waals surface area contributed by atoms with Gasteiger partial charge >= 0.3 is 12.1 Å². The second-order valence-corrected chi connectivity index (χ2v) is 11.2. The summed E-state index contributed by atoms with van der Waals surface area (Å²) in [6.07, 6.45) is -1.90. The molecule has 0 saturated heterocycles. The molecule has 1 saturated carbocycles. The molecule has 5 rings (SSSR count). The molecule has 1 N–H and O–H groups in total. The number of hydrogen-bond donors (Lipinski definition) is 1. The minimum Gasteiger partial charge on any atom is -0.481 e. The molecule has 1 aliphatic rings. The standard InChI is InChI=1S/C36H31F3O4/c37-36(38,39)31-17-14-28(15-18-31)34(41)32-19-16-29(32)20-24-6-8-25(9-7-24)26-10-12-27(13-11-26)33(40)22-30(35(42)43)21-23-4-2-1-3-5-23/h1-15,17-18,29-30,32H,16,19-22H2,(H,42,43). The van der Waals surface area contributed by atoms with Crippen LogP contribution in [0.1, 0.15) is 56.7 Å². The van der Waals surface area contributed by atoms with E-state index in [1.54, 1.807) is 12.1 Å². The first-order valence-corrected chi connectivity index (χ1v) is 14.3. The Morgan fingerprint density at radius 3 is 1.84 bits per heavy atom. The Hall–Kier alpha value is -4.52. The number of aliphatic carboxylic acids is 1. The van der Waals surface area contributed by atoms with Crippen molar-refractivity contribution >= 4 is 17.5 Å². The largest absolute Gasteiger partial charge is 0.481 e. The van der Waals surface area contributed by atoms with Gasteiger partial charge in [0.15, 0.2) is 11.6 Å². The fourth-order valence-electron chi connectivity index (χ4n) is 5.67. The van der Waals surface area contributed by atoms with Crippen LogP contribution in [-0.4, -0.2) is 22.6 Å². The van der Waals surface area contributed by atoms with Gasteiger partial charge in [-0.05, 0) is 66.0 Å². The van der Waals surface area contributed by atoms with Crippen molar-refractivity contribution in [1.82, 2.24) is 0 Å². The van der Waals surface area contributed by atoms with Crippen LogP contribution in [0.2, 0.25) is 0 Å². The van der Waals surface area contributed by atoms with Crippen LogP contribution >= 0.6 is 0 Å². The van der Waals surface area contributed by atoms with Gasteiger partial charge in [-0.1, -0.05) is 91.0 Å². The zero-order valence-corrected chi connectivity index (χ0v) is 23.4. The van der Waals surface area contributed by atoms with Gasteiger partial charge in [0, 0.05) is 23.5 Å². The monoisotopic (exact) mass is 584 g/mol. The second-order valence-electron chi connectivity index (χ2n) is 11.2. The van der Waals surface area contributed by atoms with E-state index in [0.717, 1.165) is 47.2 Å². The Morgan fingerprint density at radius 1 is 0.721 bits per heavy atom. The van der Waals surface area contributed by atoms with Gasteiger partial charge in [0.25, 0.3) is 0 Å². The first-order chi connectivity index (χ1) is 20.6. The number of carbonyl (C=O) groups is 3. The summed E-state index contributed by atoms with van der Waals surface area (Å²) in [7, 11) is 0. The highest BCUT2D eigenvalue weighted by Gasteiger charge is 2.37. The third-order valence-electron chi connectivity index (χ3n) is 8.35. The number of Topliss-reactive ketones (excluding diaryl/α,β-unsaturated/α-hetero) is 2. The van der Waals surface area contributed by atoms with E-state index in [-0.39, 0.29) is 36.2 Å². The summed E-state index contributed by atoms with van der Waals surface area (Å²) in [5.74, 6) is -2.18. The van der Waals surface area contributed by atoms with Gasteiger partial charge in [0.1, 0.15) is 0 Å². The predicted octanol–water partition coefficient (Wildman–Crippen LogP) is 8.34. The number of rotatable bonds is 11. The number of carbonyl (C=O) groups excluding carboxylic acids is 2. The summed E-state index contributed by atoms with van der Waals surface area (Å²) < 4.78 is 38.6. The van der Waals surface area contributed by atoms with Gasteiger partial charge in [-0.2, -0.15) is 13.2 Å². The first-order valence-electron chi connectivity index (χ1n) is 14.3. The number of benzene rings is 4. The van der Waals surface area contributed by atoms with E-state index in [2.05, 4.69) is 0 Å². The molecule has 43 heavy (non-hydrogen) atoms. The molecule has 1 fully saturated rings. The summed E-state index contributed by atoms with van der Waals surface area (Å²) in [4.78, 5) is 37.6. The average Bonchev–Trinajstić information content (AvgIpc) is 2.99. The molecule has 0 aromatic heterocycles. The van der Waals surface area contributed by atoms with E-state index in [9.17, 15) is 32.7 Å². The molecule has 0 bridgehead atoms. The lowest BCUT2D eigenvalue weighted by Gasteiger charge is -2.35. The Bertz CT molecular complexity index is 1580. The van der Waals surface area contributed by atoms with Crippen LogP contribution in [0.25, 0.3) is 11.1 Å². The van der Waals surface area contributed by atoms with E-state index in [1.165, 1.54) is 12.1 Å². The third kappa shape index (κ3) is 7.28. The van der Waals surface area contributed by atoms with Crippen LogP contribution in [0.15, 0.2) is 103 Å². The van der Waals surface area contributed by atoms with E-state index in [0.29, 0.717) is 17.5 Å². The fraction of sp³-hybridized carbons (Fsp3) is 0.250. The molecule has 3 unspecified atom stereocenters. The fourth-order valence-corrected chi connectivity index (χ4v) is 5.67. The van der Waals surface area contributed by atoms with Gasteiger partial charge in [0.05, 0.1) is 11.5 Å². The lowest BCUT2D eigenvalue weighted by molar-refractivity contribution is -0.141. The Kier molecular flexibility index (Phi) is 8.90. The van der Waals surface area contributed by atoms with Crippen LogP contribution < -0.4 is 0 Å². The smallest absolute Gasteiger partial charge is 0.416 e. The first kappa shape index (κ1) is 30.0. The van der Waals surface area contributed by atoms with Crippen LogP contribution in [0.5, 0.6) is 0 Å². The van der Waals surface area contributed by atoms with Crippen molar-refractivity contribution in [2.24, 2.45) is 17.8 Å². The van der Waals surface area contributed by atoms with E-state index in [1.807, 2.05) is 66.7 Å². The number of halogens is 3. The van der Waals surface area contributed by atoms with Crippen molar-refractivity contribution in [2.45, 2.75) is 38.3 Å². The Labute approximate surface area is 248 Å². The number of carboxylic acid groups (broad SMARTS) is 1. The van der Waals surface area contributed by atoms with Gasteiger partial charge in [-0.3, -0.25) is 14.4 Å². The van der Waals surface area contributed by atoms with Crippen LogP contribution in [0, 0.1) is 17.8 Å². The molecule has 0 heterocycles. The summed E-state index contributed by atoms with van der Waals surface area (Å²) in [6.45, 7) is 0. The van der Waals surface area contributed by atoms with Crippen molar-refractivity contribution in [2.75, 3.05) is 0 Å². The molecule has 3 atom stereocenters. The lowest BCUT2D eigenvalue weighted by Crippen LogP contribution is -2.34. The third-order valence-corrected chi connectivity index (χ3v) is 8.35. The molecule has 1 aliphatic carbocycles. The van der Waals surface area contributed by atoms with Crippen LogP contribution in [0.4, 0.5) is 13.2 Å². The van der Waals surface area contributed by atoms with Gasteiger partial charge in [0.2, 0.25) is 0 Å². The SMILES string of the molecule is O=C(CC(Cc1ccccc1)C(=O)O)c1ccc(-c2ccc(CC3CCC3C(=O)c3ccc(C(F)(F)F)cc3)cc2)cc1. The zero-order chi connectivity index (χ0) is 30.6. The average molecular weight is 585 g/mol. The molecule has 0 amide bonds. The molecular weight excluding hydrogens is 553 g/mol. The molecule has 0 radical (unpaired) electrons. The normalized spacial score (nSPS) is 17.1. The van der Waals surface area contributed by atoms with Crippen molar-refractivity contribution in [3.8, 4) is 11.1 Å². The minimum absolute atomic E-state index is 0.0815. The lowest BCUT2D eigenvalue weighted by atomic mass is 9.67. The van der Waals surface area contributed by atoms with Crippen molar-refractivity contribution in [3.05, 3.63) is 131 Å². The quantitative estimate of drug-likeness (QED) is 0.180. The minimum atomic E-state index is -4.43. The highest BCUT2D eigenvalue weighted by molar-refractivity contribution is 5.99. The van der Waals surface area contributed by atoms with E-state index in [4.69, 9.17) is 0 Å². The summed E-state index contributed by atoms with van der Waals surface area (Å²) in [5, 5.41) is 9.64. The summed E-state index contributed by atoms with van der Waals surface area (Å²) in [5.41, 5.74) is 3.84. The maximum Gasteiger partial charge on any atom is 0.416 e. The predicted molar refractivity (Wildman–Crippen MR) is 158 cm³/mol. The summed E-state index contributed by atoms with van der Waals surface area (Å²) >= 11 is 0. The van der Waals surface area contributed by atoms with Gasteiger partial charge in [-0.15, -0.1) is 0 Å². The summed E-state index contributed by atoms with van der Waals surface area (Å²) in [6, 6.07) is 28.8. The van der Waals surface area contributed by atoms with Crippen molar-refractivity contribution in [3.63, 3.8) is 0 Å². The van der Waals surface area contributed by atoms with Crippen LogP contribution in [0.3, 0.4) is 0 Å². The maximum atomic E-state index is 12.9. The molecule has 220 valence electrons. The molecule has 4 nitrogen and oxygen atoms in total. The zero-order valence-electron chi connectivity index (χ0n) is 23.4. The second kappa shape index (κ2) is 12.8. The molecule has 4 aromatic carbocycles. The maximum absolute atomic E-state index is 12.9. The number of hydrogen-bond acceptors (Lipinski definition) is 3. The Morgan fingerprint density at radius 2 is 1.30 bits per heavy atom. The topological polar surface area (TPSA) is 71.4 Å². The van der Waals surface area contributed by atoms with Gasteiger partial charge in [-0.25, -0.2) is 0 Å².